The number of para-hydroxylation sites is 1. The van der Waals surface area contributed by atoms with E-state index in [1.807, 2.05) is 122 Å². The predicted molar refractivity (Wildman–Crippen MR) is 564 cm³/mol. The van der Waals surface area contributed by atoms with Crippen molar-refractivity contribution in [3.05, 3.63) is 390 Å². The second-order valence-corrected chi connectivity index (χ2v) is 38.8. The lowest BCUT2D eigenvalue weighted by Gasteiger charge is -2.18. The predicted octanol–water partition coefficient (Wildman–Crippen LogP) is 19.8. The molecular weight excluding hydrogens is 2400 g/mol. The van der Waals surface area contributed by atoms with E-state index < -0.39 is 46.7 Å². The summed E-state index contributed by atoms with van der Waals surface area (Å²) in [5, 5.41) is 69.4. The molecule has 1 aliphatic heterocycles. The number of nitrogens with zero attached hydrogens (tertiary/aromatic N) is 10. The summed E-state index contributed by atoms with van der Waals surface area (Å²) in [4.78, 5) is 42.5. The number of sulfone groups is 1. The first kappa shape index (κ1) is 107. The number of halogens is 10. The Morgan fingerprint density at radius 2 is 0.723 bits per heavy atom. The molecule has 16 N–H and O–H groups in total. The fourth-order valence-electron chi connectivity index (χ4n) is 11.0. The molecule has 0 bridgehead atoms. The van der Waals surface area contributed by atoms with Crippen LogP contribution in [0.1, 0.15) is 80.1 Å². The third kappa shape index (κ3) is 34.4. The minimum absolute atomic E-state index is 0.0136. The molecule has 1 heterocycles. The fraction of sp³-hybridized carbons (Fsp3) is 0.0488. The summed E-state index contributed by atoms with van der Waals surface area (Å²) >= 11 is 59.7. The number of fused-ring (bicyclic) bond motifs is 1. The lowest BCUT2D eigenvalue weighted by Crippen LogP contribution is -2.26. The number of nitrogens with two attached hydrogens (primary N) is 5. The van der Waals surface area contributed by atoms with Crippen LogP contribution < -0.4 is 61.2 Å². The molecule has 0 spiro atoms. The number of rotatable bonds is 20. The number of hydrazone groups is 6. The Kier molecular flexibility index (Phi) is 42.6. The Balaban J connectivity index is 0.000000214. The van der Waals surface area contributed by atoms with Crippen LogP contribution in [0.3, 0.4) is 0 Å². The molecular formula is C82H65Br9FN21O10S7. The van der Waals surface area contributed by atoms with Crippen molar-refractivity contribution in [1.29, 1.82) is 0 Å². The van der Waals surface area contributed by atoms with E-state index in [1.54, 1.807) is 73.7 Å². The quantitative estimate of drug-likeness (QED) is 0.0111. The van der Waals surface area contributed by atoms with E-state index in [2.05, 4.69) is 207 Å². The van der Waals surface area contributed by atoms with Gasteiger partial charge in [0.1, 0.15) is 17.2 Å². The zero-order valence-electron chi connectivity index (χ0n) is 66.5. The van der Waals surface area contributed by atoms with Gasteiger partial charge in [-0.2, -0.15) is 30.6 Å². The van der Waals surface area contributed by atoms with Gasteiger partial charge in [0, 0.05) is 121 Å². The van der Waals surface area contributed by atoms with Crippen molar-refractivity contribution >= 4 is 314 Å². The molecule has 0 saturated heterocycles. The average Bonchev–Trinajstić information content (AvgIpc) is 0.774. The highest BCUT2D eigenvalue weighted by molar-refractivity contribution is 9.12. The molecule has 1 aliphatic rings. The van der Waals surface area contributed by atoms with Gasteiger partial charge in [-0.1, -0.05) is 228 Å². The van der Waals surface area contributed by atoms with Crippen molar-refractivity contribution in [3.63, 3.8) is 0 Å². The van der Waals surface area contributed by atoms with Gasteiger partial charge in [0.2, 0.25) is 0 Å². The molecule has 48 heteroatoms. The summed E-state index contributed by atoms with van der Waals surface area (Å²) < 4.78 is 45.1. The minimum Gasteiger partial charge on any atom is -0.375 e. The number of hydrogen-bond acceptors (Lipinski definition) is 22. The molecule has 0 aromatic heterocycles. The number of nitro benzene ring substituents is 4. The highest BCUT2D eigenvalue weighted by Crippen LogP contribution is 2.33. The summed E-state index contributed by atoms with van der Waals surface area (Å²) in [5.41, 5.74) is 53.1. The number of nitro groups is 4. The smallest absolute Gasteiger partial charge is 0.285 e. The monoisotopic (exact) mass is 2460 g/mol. The average molecular weight is 2470 g/mol. The molecule has 0 radical (unpaired) electrons. The molecule has 130 heavy (non-hydrogen) atoms. The molecule has 0 aliphatic carbocycles. The standard InChI is InChI=1S/C15H12Br3N3S.C14H10Br3N3S.C14H10BrN5O4S.2C14H11BrN4O2S.C11H11FN2O2S2/c1-8-2-3-9(6-13(8)18)14(20-21-15(19)22)10-4-11(16)7-12(17)5-10;15-10-3-1-2-8(4-10)13(19-20-14(18)21)9-5-11(16)7-12(17)6-9;15-9-3-1-2-8(6-9)13(17-18-14(16)25)11-5-4-10(19(21)22)7-12(11)20(23)24;15-10-5-3-4-9(8-10)13(17-18-14(16)22)11-6-1-2-7-12(11)19(20)21;15-11-3-1-2-10(8-11)13(17-18-14(16)22)9-4-6-12(7-5-9)19(20)21;1-7(17)13-14-10-4-5-18(15,16)11-3-2-8(12)6-9(10)11/h2-7H,1H3,(H3,19,21,22);1-7H,(H3,18,20,21);1-7H,(H3,16,18,25);2*1-8H,(H3,16,18,22);2-3,6H,4-5H2,1H3,(H,13,17)/b20-14+;19-13+;2*17-13+;17-13-;14-10+. The van der Waals surface area contributed by atoms with Gasteiger partial charge in [-0.15, -0.1) is 0 Å². The lowest BCUT2D eigenvalue weighted by molar-refractivity contribution is -0.394. The van der Waals surface area contributed by atoms with Gasteiger partial charge < -0.3 is 28.7 Å². The Labute approximate surface area is 849 Å². The lowest BCUT2D eigenvalue weighted by atomic mass is 10.0. The second-order valence-electron chi connectivity index (χ2n) is 25.7. The summed E-state index contributed by atoms with van der Waals surface area (Å²) in [6.45, 7) is 3.69. The second kappa shape index (κ2) is 52.0. The van der Waals surface area contributed by atoms with Gasteiger partial charge in [0.25, 0.3) is 22.7 Å². The summed E-state index contributed by atoms with van der Waals surface area (Å²) in [7, 11) is -3.34. The van der Waals surface area contributed by atoms with Crippen LogP contribution in [0.4, 0.5) is 27.1 Å². The minimum atomic E-state index is -3.34. The number of non-ortho nitro benzene ring substituents is 2. The number of thiocarbonyl (C=S) groups is 6. The van der Waals surface area contributed by atoms with E-state index in [1.165, 1.54) is 36.4 Å². The van der Waals surface area contributed by atoms with Crippen LogP contribution in [0.5, 0.6) is 0 Å². The van der Waals surface area contributed by atoms with Crippen molar-refractivity contribution in [2.24, 2.45) is 59.3 Å². The topological polar surface area (TPSA) is 483 Å². The van der Waals surface area contributed by atoms with Gasteiger partial charge in [-0.25, -0.2) is 12.8 Å². The zero-order chi connectivity index (χ0) is 95.8. The first-order valence-electron chi connectivity index (χ1n) is 36.1. The molecule has 0 amide bonds. The maximum absolute atomic E-state index is 13.2. The van der Waals surface area contributed by atoms with Gasteiger partial charge in [0.15, 0.2) is 35.4 Å². The van der Waals surface area contributed by atoms with E-state index in [0.29, 0.717) is 49.9 Å². The molecule has 11 aromatic rings. The van der Waals surface area contributed by atoms with Crippen molar-refractivity contribution in [3.8, 4) is 0 Å². The SMILES string of the molecule is CC(=S)N/N=C1\CCS(=O)(=O)c2ccc(F)cc21.Cc1ccc(/C(=N\NC(N)=S)c2cc(Br)cc(Br)c2)cc1Br.NC(=S)N/N=C(/c1ccc([N+](=O)[O-])cc1)c1cccc(Br)c1.NC(=S)N/N=C(\c1cccc(Br)c1)c1cc(Br)cc(Br)c1.NC(=S)N/N=C(\c1cccc(Br)c1)c1ccc([N+](=O)[O-])cc1[N+](=O)[O-].NC(=S)N/N=C(\c1cccc(Br)c1)c1ccccc1[N+](=O)[O-]. The van der Waals surface area contributed by atoms with E-state index in [0.717, 1.165) is 103 Å². The molecule has 670 valence electrons. The van der Waals surface area contributed by atoms with E-state index in [-0.39, 0.29) is 65.3 Å². The Morgan fingerprint density at radius 3 is 1.10 bits per heavy atom. The highest BCUT2D eigenvalue weighted by Gasteiger charge is 2.29. The first-order valence-corrected chi connectivity index (χ1v) is 47.4. The zero-order valence-corrected chi connectivity index (χ0v) is 86.5. The molecule has 0 atom stereocenters. The number of aryl methyl sites for hydroxylation is 1. The third-order valence-electron chi connectivity index (χ3n) is 16.4. The first-order chi connectivity index (χ1) is 61.5. The number of nitrogens with one attached hydrogen (secondary N) is 6. The van der Waals surface area contributed by atoms with Crippen LogP contribution in [-0.2, 0) is 9.84 Å². The molecule has 0 saturated carbocycles. The van der Waals surface area contributed by atoms with Crippen molar-refractivity contribution in [2.45, 2.75) is 25.2 Å². The van der Waals surface area contributed by atoms with Gasteiger partial charge in [-0.05, 0) is 214 Å². The van der Waals surface area contributed by atoms with Crippen LogP contribution in [0.2, 0.25) is 0 Å². The summed E-state index contributed by atoms with van der Waals surface area (Å²) in [6.07, 6.45) is 0.244. The Morgan fingerprint density at radius 1 is 0.369 bits per heavy atom. The van der Waals surface area contributed by atoms with Crippen molar-refractivity contribution < 1.29 is 32.5 Å². The maximum atomic E-state index is 13.2. The van der Waals surface area contributed by atoms with Crippen molar-refractivity contribution in [2.75, 3.05) is 5.75 Å². The van der Waals surface area contributed by atoms with Crippen LogP contribution >= 0.6 is 217 Å². The van der Waals surface area contributed by atoms with Gasteiger partial charge in [-0.3, -0.25) is 73.0 Å². The normalized spacial score (nSPS) is 12.3. The largest absolute Gasteiger partial charge is 0.375 e. The Bertz CT molecular complexity index is 6490. The van der Waals surface area contributed by atoms with Crippen molar-refractivity contribution in [1.82, 2.24) is 32.6 Å². The molecule has 11 aromatic carbocycles. The van der Waals surface area contributed by atoms with E-state index in [4.69, 9.17) is 102 Å². The number of hydrogen-bond donors (Lipinski definition) is 11. The van der Waals surface area contributed by atoms with Crippen LogP contribution in [0.25, 0.3) is 0 Å². The highest BCUT2D eigenvalue weighted by atomic mass is 79.9. The van der Waals surface area contributed by atoms with E-state index >= 15 is 0 Å². The van der Waals surface area contributed by atoms with Crippen LogP contribution in [-0.4, -0.2) is 98.7 Å². The molecule has 31 nitrogen and oxygen atoms in total. The van der Waals surface area contributed by atoms with Gasteiger partial charge >= 0.3 is 0 Å². The number of benzene rings is 11. The fourth-order valence-corrected chi connectivity index (χ4v) is 17.3. The van der Waals surface area contributed by atoms with Crippen LogP contribution in [0, 0.1) is 53.2 Å². The molecule has 0 unspecified atom stereocenters. The molecule has 12 rings (SSSR count). The molecule has 0 fully saturated rings. The maximum Gasteiger partial charge on any atom is 0.285 e. The van der Waals surface area contributed by atoms with Crippen LogP contribution in [0.15, 0.2) is 312 Å². The Hall–Kier alpha value is -10.4. The third-order valence-corrected chi connectivity index (χ3v) is 23.4. The van der Waals surface area contributed by atoms with E-state index in [9.17, 15) is 53.3 Å². The van der Waals surface area contributed by atoms with Gasteiger partial charge in [0.05, 0.1) is 75.4 Å². The summed E-state index contributed by atoms with van der Waals surface area (Å²) in [6, 6.07) is 66.7. The summed E-state index contributed by atoms with van der Waals surface area (Å²) in [5.74, 6) is -0.513.